The molecule has 2 saturated heterocycles. The fourth-order valence-electron chi connectivity index (χ4n) is 3.50. The van der Waals surface area contributed by atoms with Crippen molar-refractivity contribution in [2.75, 3.05) is 39.8 Å². The summed E-state index contributed by atoms with van der Waals surface area (Å²) in [6.07, 6.45) is 1.27. The molecule has 0 radical (unpaired) electrons. The van der Waals surface area contributed by atoms with Crippen LogP contribution in [0.15, 0.2) is 18.2 Å². The van der Waals surface area contributed by atoms with Crippen LogP contribution in [-0.2, 0) is 16.1 Å². The summed E-state index contributed by atoms with van der Waals surface area (Å²) >= 11 is 0. The Balaban J connectivity index is 1.52. The van der Waals surface area contributed by atoms with Gasteiger partial charge in [-0.1, -0.05) is 0 Å². The van der Waals surface area contributed by atoms with Crippen molar-refractivity contribution in [2.45, 2.75) is 31.6 Å². The number of hydrogen-bond acceptors (Lipinski definition) is 5. The van der Waals surface area contributed by atoms with E-state index >= 15 is 0 Å². The molecule has 0 spiro atoms. The summed E-state index contributed by atoms with van der Waals surface area (Å²) in [5, 5.41) is 0. The number of carbonyl (C=O) groups is 1. The van der Waals surface area contributed by atoms with Gasteiger partial charge in [-0.2, -0.15) is 0 Å². The minimum absolute atomic E-state index is 0.00989. The van der Waals surface area contributed by atoms with Crippen LogP contribution in [0.25, 0.3) is 0 Å². The third kappa shape index (κ3) is 4.29. The Morgan fingerprint density at radius 3 is 2.72 bits per heavy atom. The van der Waals surface area contributed by atoms with Crippen molar-refractivity contribution >= 4 is 5.91 Å². The van der Waals surface area contributed by atoms with Gasteiger partial charge in [0.15, 0.2) is 0 Å². The molecule has 7 heteroatoms. The highest BCUT2D eigenvalue weighted by molar-refractivity contribution is 5.81. The molecule has 0 bridgehead atoms. The zero-order valence-electron chi connectivity index (χ0n) is 14.6. The molecule has 0 unspecified atom stereocenters. The van der Waals surface area contributed by atoms with E-state index in [2.05, 4.69) is 4.90 Å². The molecule has 3 rings (SSSR count). The number of hydrogen-bond donors (Lipinski definition) is 1. The van der Waals surface area contributed by atoms with E-state index in [1.165, 1.54) is 12.1 Å². The number of methoxy groups -OCH3 is 1. The molecule has 2 aliphatic rings. The van der Waals surface area contributed by atoms with Crippen molar-refractivity contribution in [1.82, 2.24) is 9.80 Å². The van der Waals surface area contributed by atoms with Gasteiger partial charge in [-0.25, -0.2) is 4.39 Å². The van der Waals surface area contributed by atoms with Gasteiger partial charge in [0.25, 0.3) is 5.91 Å². The zero-order chi connectivity index (χ0) is 17.8. The molecule has 0 saturated carbocycles. The number of nitrogens with zero attached hydrogens (tertiary/aromatic N) is 2. The highest BCUT2D eigenvalue weighted by Gasteiger charge is 2.34. The summed E-state index contributed by atoms with van der Waals surface area (Å²) in [6.45, 7) is 3.88. The lowest BCUT2D eigenvalue weighted by Gasteiger charge is -2.36. The number of benzene rings is 1. The predicted molar refractivity (Wildman–Crippen MR) is 91.8 cm³/mol. The molecule has 25 heavy (non-hydrogen) atoms. The van der Waals surface area contributed by atoms with Gasteiger partial charge >= 0.3 is 0 Å². The molecular formula is C18H26FN3O3. The summed E-state index contributed by atoms with van der Waals surface area (Å²) in [5.74, 6) is 0.489. The van der Waals surface area contributed by atoms with E-state index in [1.54, 1.807) is 13.2 Å². The molecule has 0 aliphatic carbocycles. The number of ether oxygens (including phenoxy) is 2. The second-order valence-corrected chi connectivity index (χ2v) is 6.62. The molecule has 2 heterocycles. The number of halogens is 1. The molecule has 2 fully saturated rings. The van der Waals surface area contributed by atoms with Crippen molar-refractivity contribution in [3.05, 3.63) is 29.6 Å². The first-order valence-corrected chi connectivity index (χ1v) is 8.79. The van der Waals surface area contributed by atoms with Gasteiger partial charge in [0.2, 0.25) is 0 Å². The van der Waals surface area contributed by atoms with Crippen LogP contribution in [0.5, 0.6) is 5.75 Å². The molecule has 2 N–H and O–H groups in total. The SMILES string of the molecule is COc1ccc(F)cc1CN1CCN(C(=O)[C@@H]2CC[C@H](CN)O2)CC1. The normalized spacial score (nSPS) is 24.5. The first kappa shape index (κ1) is 18.1. The van der Waals surface area contributed by atoms with E-state index in [1.807, 2.05) is 4.90 Å². The number of piperazine rings is 1. The number of amides is 1. The van der Waals surface area contributed by atoms with Crippen LogP contribution < -0.4 is 10.5 Å². The van der Waals surface area contributed by atoms with Crippen molar-refractivity contribution in [1.29, 1.82) is 0 Å². The Morgan fingerprint density at radius 2 is 2.08 bits per heavy atom. The Bertz CT molecular complexity index is 605. The molecule has 138 valence electrons. The minimum atomic E-state index is -0.344. The molecule has 2 atom stereocenters. The average Bonchev–Trinajstić information content (AvgIpc) is 3.11. The van der Waals surface area contributed by atoms with Crippen molar-refractivity contribution in [2.24, 2.45) is 5.73 Å². The lowest BCUT2D eigenvalue weighted by molar-refractivity contribution is -0.144. The smallest absolute Gasteiger partial charge is 0.251 e. The summed E-state index contributed by atoms with van der Waals surface area (Å²) in [4.78, 5) is 16.6. The third-order valence-electron chi connectivity index (χ3n) is 4.97. The number of rotatable bonds is 5. The topological polar surface area (TPSA) is 68.0 Å². The molecule has 1 aromatic carbocycles. The number of nitrogens with two attached hydrogens (primary N) is 1. The molecule has 2 aliphatic heterocycles. The summed E-state index contributed by atoms with van der Waals surface area (Å²) in [7, 11) is 1.59. The highest BCUT2D eigenvalue weighted by Crippen LogP contribution is 2.23. The van der Waals surface area contributed by atoms with E-state index in [0.29, 0.717) is 31.9 Å². The maximum atomic E-state index is 13.5. The van der Waals surface area contributed by atoms with Crippen molar-refractivity contribution in [3.63, 3.8) is 0 Å². The Morgan fingerprint density at radius 1 is 1.32 bits per heavy atom. The molecule has 1 amide bonds. The standard InChI is InChI=1S/C18H26FN3O3/c1-24-16-4-2-14(19)10-13(16)12-21-6-8-22(9-7-21)18(23)17-5-3-15(11-20)25-17/h2,4,10,15,17H,3,5-9,11-12,20H2,1H3/t15-,17+/m1/s1. The van der Waals surface area contributed by atoms with E-state index in [0.717, 1.165) is 31.5 Å². The predicted octanol–water partition coefficient (Wildman–Crippen LogP) is 0.985. The molecule has 1 aromatic rings. The van der Waals surface area contributed by atoms with Crippen LogP contribution in [-0.4, -0.2) is 67.7 Å². The lowest BCUT2D eigenvalue weighted by atomic mass is 10.1. The molecule has 0 aromatic heterocycles. The van der Waals surface area contributed by atoms with Crippen LogP contribution in [0.1, 0.15) is 18.4 Å². The van der Waals surface area contributed by atoms with Crippen molar-refractivity contribution in [3.8, 4) is 5.75 Å². The maximum Gasteiger partial charge on any atom is 0.251 e. The second-order valence-electron chi connectivity index (χ2n) is 6.62. The largest absolute Gasteiger partial charge is 0.496 e. The number of carbonyl (C=O) groups excluding carboxylic acids is 1. The van der Waals surface area contributed by atoms with E-state index in [9.17, 15) is 9.18 Å². The van der Waals surface area contributed by atoms with Gasteiger partial charge in [0.1, 0.15) is 17.7 Å². The Labute approximate surface area is 147 Å². The Kier molecular flexibility index (Phi) is 5.88. The minimum Gasteiger partial charge on any atom is -0.496 e. The van der Waals surface area contributed by atoms with Gasteiger partial charge < -0.3 is 20.1 Å². The zero-order valence-corrected chi connectivity index (χ0v) is 14.6. The molecular weight excluding hydrogens is 325 g/mol. The first-order chi connectivity index (χ1) is 12.1. The first-order valence-electron chi connectivity index (χ1n) is 8.79. The Hall–Kier alpha value is -1.70. The van der Waals surface area contributed by atoms with Crippen LogP contribution in [0.4, 0.5) is 4.39 Å². The molecule has 6 nitrogen and oxygen atoms in total. The lowest BCUT2D eigenvalue weighted by Crippen LogP contribution is -2.51. The van der Waals surface area contributed by atoms with E-state index in [4.69, 9.17) is 15.2 Å². The summed E-state index contributed by atoms with van der Waals surface area (Å²) in [6, 6.07) is 4.56. The third-order valence-corrected chi connectivity index (χ3v) is 4.97. The van der Waals surface area contributed by atoms with Gasteiger partial charge in [-0.15, -0.1) is 0 Å². The van der Waals surface area contributed by atoms with Crippen molar-refractivity contribution < 1.29 is 18.7 Å². The fraction of sp³-hybridized carbons (Fsp3) is 0.611. The van der Waals surface area contributed by atoms with Gasteiger partial charge in [-0.3, -0.25) is 9.69 Å². The van der Waals surface area contributed by atoms with Crippen LogP contribution in [0.2, 0.25) is 0 Å². The van der Waals surface area contributed by atoms with Crippen LogP contribution in [0.3, 0.4) is 0 Å². The second kappa shape index (κ2) is 8.12. The van der Waals surface area contributed by atoms with Gasteiger partial charge in [-0.05, 0) is 31.0 Å². The van der Waals surface area contributed by atoms with Crippen LogP contribution in [0, 0.1) is 5.82 Å². The average molecular weight is 351 g/mol. The monoisotopic (exact) mass is 351 g/mol. The van der Waals surface area contributed by atoms with E-state index in [-0.39, 0.29) is 23.9 Å². The fourth-order valence-corrected chi connectivity index (χ4v) is 3.50. The van der Waals surface area contributed by atoms with Gasteiger partial charge in [0, 0.05) is 44.8 Å². The maximum absolute atomic E-state index is 13.5. The highest BCUT2D eigenvalue weighted by atomic mass is 19.1. The van der Waals surface area contributed by atoms with Crippen LogP contribution >= 0.6 is 0 Å². The van der Waals surface area contributed by atoms with E-state index < -0.39 is 0 Å². The van der Waals surface area contributed by atoms with Gasteiger partial charge in [0.05, 0.1) is 13.2 Å². The quantitative estimate of drug-likeness (QED) is 0.857. The summed E-state index contributed by atoms with van der Waals surface area (Å²) in [5.41, 5.74) is 6.43. The summed E-state index contributed by atoms with van der Waals surface area (Å²) < 4.78 is 24.5.